The predicted octanol–water partition coefficient (Wildman–Crippen LogP) is 5.09. The van der Waals surface area contributed by atoms with Gasteiger partial charge in [-0.1, -0.05) is 61.9 Å². The van der Waals surface area contributed by atoms with Crippen LogP contribution >= 0.6 is 0 Å². The second kappa shape index (κ2) is 10.7. The Morgan fingerprint density at radius 3 is 2.34 bits per heavy atom. The van der Waals surface area contributed by atoms with Crippen molar-refractivity contribution in [1.29, 1.82) is 0 Å². The maximum atomic E-state index is 13.6. The summed E-state index contributed by atoms with van der Waals surface area (Å²) < 4.78 is 5.90. The van der Waals surface area contributed by atoms with Crippen molar-refractivity contribution in [3.63, 3.8) is 0 Å². The molecule has 0 aliphatic carbocycles. The Morgan fingerprint density at radius 2 is 1.69 bits per heavy atom. The van der Waals surface area contributed by atoms with Crippen LogP contribution in [0, 0.1) is 0 Å². The van der Waals surface area contributed by atoms with Crippen LogP contribution in [0.5, 0.6) is 5.75 Å². The van der Waals surface area contributed by atoms with Crippen molar-refractivity contribution in [3.8, 4) is 5.75 Å². The maximum Gasteiger partial charge on any atom is 0.274 e. The molecule has 2 heterocycles. The first-order chi connectivity index (χ1) is 16.9. The van der Waals surface area contributed by atoms with Gasteiger partial charge in [-0.15, -0.1) is 0 Å². The molecule has 1 atom stereocenters. The van der Waals surface area contributed by atoms with Crippen molar-refractivity contribution >= 4 is 11.8 Å². The zero-order valence-electron chi connectivity index (χ0n) is 20.7. The van der Waals surface area contributed by atoms with Gasteiger partial charge in [0, 0.05) is 19.2 Å². The molecule has 0 unspecified atom stereocenters. The van der Waals surface area contributed by atoms with Crippen molar-refractivity contribution < 1.29 is 14.3 Å². The first kappa shape index (κ1) is 24.5. The molecule has 0 saturated carbocycles. The Labute approximate surface area is 207 Å². The molecule has 0 spiro atoms. The van der Waals surface area contributed by atoms with Gasteiger partial charge in [-0.25, -0.2) is 0 Å². The molecule has 6 heteroatoms. The van der Waals surface area contributed by atoms with Gasteiger partial charge in [0.2, 0.25) is 5.91 Å². The quantitative estimate of drug-likeness (QED) is 0.436. The van der Waals surface area contributed by atoms with Crippen molar-refractivity contribution in [2.24, 2.45) is 0 Å². The summed E-state index contributed by atoms with van der Waals surface area (Å²) >= 11 is 0. The molecular weight excluding hydrogens is 438 g/mol. The molecule has 3 aromatic rings. The van der Waals surface area contributed by atoms with Crippen LogP contribution in [0.3, 0.4) is 0 Å². The molecule has 182 valence electrons. The van der Waals surface area contributed by atoms with Crippen LogP contribution in [0.1, 0.15) is 55.2 Å². The van der Waals surface area contributed by atoms with Crippen LogP contribution < -0.4 is 4.74 Å². The second-order valence-electron chi connectivity index (χ2n) is 9.37. The Morgan fingerprint density at radius 1 is 0.971 bits per heavy atom. The molecule has 1 fully saturated rings. The van der Waals surface area contributed by atoms with Crippen molar-refractivity contribution in [3.05, 3.63) is 95.8 Å². The van der Waals surface area contributed by atoms with Gasteiger partial charge in [-0.3, -0.25) is 14.6 Å². The highest BCUT2D eigenvalue weighted by Crippen LogP contribution is 2.35. The molecule has 1 saturated heterocycles. The number of pyridine rings is 1. The third-order valence-corrected chi connectivity index (χ3v) is 6.55. The molecule has 0 N–H and O–H groups in total. The zero-order valence-corrected chi connectivity index (χ0v) is 20.7. The minimum absolute atomic E-state index is 0.0165. The van der Waals surface area contributed by atoms with Crippen LogP contribution in [0.4, 0.5) is 0 Å². The van der Waals surface area contributed by atoms with Gasteiger partial charge in [-0.2, -0.15) is 0 Å². The van der Waals surface area contributed by atoms with E-state index in [0.717, 1.165) is 29.7 Å². The second-order valence-corrected chi connectivity index (χ2v) is 9.37. The monoisotopic (exact) mass is 471 g/mol. The summed E-state index contributed by atoms with van der Waals surface area (Å²) in [7, 11) is 0. The molecule has 1 aliphatic heterocycles. The number of hydrogen-bond donors (Lipinski definition) is 0. The molecule has 1 aliphatic rings. The number of carbonyl (C=O) groups excluding carboxylic acids is 2. The van der Waals surface area contributed by atoms with Gasteiger partial charge >= 0.3 is 0 Å². The van der Waals surface area contributed by atoms with Crippen molar-refractivity contribution in [2.45, 2.75) is 58.3 Å². The van der Waals surface area contributed by atoms with E-state index < -0.39 is 11.7 Å². The molecule has 0 bridgehead atoms. The van der Waals surface area contributed by atoms with Crippen LogP contribution in [-0.4, -0.2) is 44.8 Å². The van der Waals surface area contributed by atoms with Crippen LogP contribution in [0.15, 0.2) is 79.0 Å². The average molecular weight is 472 g/mol. The smallest absolute Gasteiger partial charge is 0.274 e. The van der Waals surface area contributed by atoms with E-state index in [0.29, 0.717) is 25.3 Å². The molecule has 2 aromatic carbocycles. The first-order valence-electron chi connectivity index (χ1n) is 12.2. The SMILES string of the molecule is CCCCN1C(=O)[C@H](Cc2ccc(OCc3ccccc3)cc2)N(C(=O)c2ccccn2)C1(C)C. The fraction of sp³-hybridized carbons (Fsp3) is 0.345. The lowest BCUT2D eigenvalue weighted by Gasteiger charge is -2.38. The third kappa shape index (κ3) is 5.37. The lowest BCUT2D eigenvalue weighted by molar-refractivity contribution is -0.131. The average Bonchev–Trinajstić information content (AvgIpc) is 3.07. The third-order valence-electron chi connectivity index (χ3n) is 6.55. The summed E-state index contributed by atoms with van der Waals surface area (Å²) in [5, 5.41) is 0. The maximum absolute atomic E-state index is 13.6. The number of ether oxygens (including phenoxy) is 1. The molecule has 35 heavy (non-hydrogen) atoms. The zero-order chi connectivity index (χ0) is 24.8. The molecule has 0 radical (unpaired) electrons. The van der Waals surface area contributed by atoms with E-state index in [1.807, 2.05) is 73.3 Å². The van der Waals surface area contributed by atoms with Crippen LogP contribution in [0.2, 0.25) is 0 Å². The number of rotatable bonds is 9. The highest BCUT2D eigenvalue weighted by molar-refractivity contribution is 5.99. The summed E-state index contributed by atoms with van der Waals surface area (Å²) in [6.07, 6.45) is 3.91. The normalized spacial score (nSPS) is 17.0. The van der Waals surface area contributed by atoms with Gasteiger partial charge in [0.05, 0.1) is 0 Å². The van der Waals surface area contributed by atoms with Gasteiger partial charge in [0.1, 0.15) is 29.8 Å². The fourth-order valence-corrected chi connectivity index (χ4v) is 4.64. The summed E-state index contributed by atoms with van der Waals surface area (Å²) in [5.41, 5.74) is 1.68. The van der Waals surface area contributed by atoms with Gasteiger partial charge in [-0.05, 0) is 55.7 Å². The lowest BCUT2D eigenvalue weighted by Crippen LogP contribution is -2.53. The van der Waals surface area contributed by atoms with Crippen molar-refractivity contribution in [1.82, 2.24) is 14.8 Å². The van der Waals surface area contributed by atoms with E-state index in [2.05, 4.69) is 11.9 Å². The number of carbonyl (C=O) groups is 2. The highest BCUT2D eigenvalue weighted by atomic mass is 16.5. The van der Waals surface area contributed by atoms with E-state index in [1.165, 1.54) is 0 Å². The predicted molar refractivity (Wildman–Crippen MR) is 136 cm³/mol. The van der Waals surface area contributed by atoms with E-state index >= 15 is 0 Å². The van der Waals surface area contributed by atoms with Crippen molar-refractivity contribution in [2.75, 3.05) is 6.54 Å². The van der Waals surface area contributed by atoms with Gasteiger partial charge in [0.25, 0.3) is 5.91 Å². The summed E-state index contributed by atoms with van der Waals surface area (Å²) in [5.74, 6) is 0.523. The van der Waals surface area contributed by atoms with E-state index in [9.17, 15) is 9.59 Å². The molecule has 1 aromatic heterocycles. The number of nitrogens with zero attached hydrogens (tertiary/aromatic N) is 3. The van der Waals surface area contributed by atoms with Crippen LogP contribution in [0.25, 0.3) is 0 Å². The van der Waals surface area contributed by atoms with E-state index in [4.69, 9.17) is 4.74 Å². The van der Waals surface area contributed by atoms with Crippen LogP contribution in [-0.2, 0) is 17.8 Å². The number of hydrogen-bond acceptors (Lipinski definition) is 4. The lowest BCUT2D eigenvalue weighted by atomic mass is 10.0. The summed E-state index contributed by atoms with van der Waals surface area (Å²) in [4.78, 5) is 35.0. The summed E-state index contributed by atoms with van der Waals surface area (Å²) in [6, 6.07) is 22.5. The Bertz CT molecular complexity index is 1130. The number of unbranched alkanes of at least 4 members (excludes halogenated alkanes) is 1. The minimum Gasteiger partial charge on any atom is -0.489 e. The van der Waals surface area contributed by atoms with E-state index in [-0.39, 0.29) is 11.8 Å². The molecule has 2 amide bonds. The fourth-order valence-electron chi connectivity index (χ4n) is 4.64. The van der Waals surface area contributed by atoms with Gasteiger partial charge < -0.3 is 14.5 Å². The minimum atomic E-state index is -0.746. The molecule has 6 nitrogen and oxygen atoms in total. The first-order valence-corrected chi connectivity index (χ1v) is 12.2. The van der Waals surface area contributed by atoms with Gasteiger partial charge in [0.15, 0.2) is 0 Å². The Kier molecular flexibility index (Phi) is 7.49. The largest absolute Gasteiger partial charge is 0.489 e. The standard InChI is InChI=1S/C29H33N3O3/c1-4-5-19-31-28(34)26(32(29(31,2)3)27(33)25-13-9-10-18-30-25)20-22-14-16-24(17-15-22)35-21-23-11-7-6-8-12-23/h6-18,26H,4-5,19-21H2,1-3H3/t26-/m0/s1. The highest BCUT2D eigenvalue weighted by Gasteiger charge is 2.53. The number of benzene rings is 2. The Hall–Kier alpha value is -3.67. The molecule has 4 rings (SSSR count). The topological polar surface area (TPSA) is 62.7 Å². The number of amides is 2. The van der Waals surface area contributed by atoms with E-state index in [1.54, 1.807) is 29.3 Å². The summed E-state index contributed by atoms with van der Waals surface area (Å²) in [6.45, 7) is 7.11. The molecular formula is C29H33N3O3. The number of aromatic nitrogens is 1. The Balaban J connectivity index is 1.54.